The molecule has 5 heteroatoms. The molecule has 2 aromatic carbocycles. The van der Waals surface area contributed by atoms with E-state index in [2.05, 4.69) is 24.0 Å². The molecule has 0 atom stereocenters. The Bertz CT molecular complexity index is 1120. The Morgan fingerprint density at radius 1 is 1.08 bits per heavy atom. The van der Waals surface area contributed by atoms with Gasteiger partial charge in [-0.15, -0.1) is 0 Å². The molecule has 4 nitrogen and oxygen atoms in total. The van der Waals surface area contributed by atoms with Crippen LogP contribution in [0, 0.1) is 6.92 Å². The van der Waals surface area contributed by atoms with Crippen LogP contribution in [0.4, 0.5) is 0 Å². The van der Waals surface area contributed by atoms with E-state index in [0.29, 0.717) is 11.6 Å². The number of fused-ring (bicyclic) bond motifs is 5. The second-order valence-corrected chi connectivity index (χ2v) is 6.66. The number of halogens is 1. The van der Waals surface area contributed by atoms with Crippen molar-refractivity contribution in [1.29, 1.82) is 0 Å². The first-order chi connectivity index (χ1) is 12.2. The number of aromatic nitrogens is 3. The normalized spacial score (nSPS) is 12.6. The summed E-state index contributed by atoms with van der Waals surface area (Å²) in [6, 6.07) is 15.9. The molecule has 0 amide bonds. The van der Waals surface area contributed by atoms with Gasteiger partial charge in [-0.05, 0) is 31.2 Å². The Morgan fingerprint density at radius 3 is 2.76 bits per heavy atom. The number of rotatable bonds is 1. The van der Waals surface area contributed by atoms with Crippen molar-refractivity contribution < 1.29 is 4.74 Å². The van der Waals surface area contributed by atoms with Gasteiger partial charge in [-0.2, -0.15) is 5.10 Å². The first-order valence-electron chi connectivity index (χ1n) is 8.06. The Hall–Kier alpha value is -2.85. The molecule has 0 spiro atoms. The Labute approximate surface area is 149 Å². The minimum Gasteiger partial charge on any atom is -0.488 e. The molecule has 4 aromatic rings. The molecule has 0 saturated carbocycles. The predicted octanol–water partition coefficient (Wildman–Crippen LogP) is 4.92. The molecule has 0 aliphatic carbocycles. The highest BCUT2D eigenvalue weighted by atomic mass is 35.5. The summed E-state index contributed by atoms with van der Waals surface area (Å²) in [5.41, 5.74) is 7.03. The molecule has 1 aliphatic rings. The van der Waals surface area contributed by atoms with Crippen LogP contribution in [-0.4, -0.2) is 14.6 Å². The van der Waals surface area contributed by atoms with Gasteiger partial charge in [0.2, 0.25) is 0 Å². The van der Waals surface area contributed by atoms with E-state index in [1.165, 1.54) is 5.56 Å². The lowest BCUT2D eigenvalue weighted by Crippen LogP contribution is -2.11. The van der Waals surface area contributed by atoms with Crippen LogP contribution < -0.4 is 4.74 Å². The van der Waals surface area contributed by atoms with Crippen molar-refractivity contribution in [3.05, 3.63) is 70.9 Å². The van der Waals surface area contributed by atoms with Crippen molar-refractivity contribution in [3.8, 4) is 28.3 Å². The maximum Gasteiger partial charge on any atom is 0.156 e. The maximum atomic E-state index is 5.99. The van der Waals surface area contributed by atoms with Gasteiger partial charge in [0.05, 0.1) is 11.4 Å². The summed E-state index contributed by atoms with van der Waals surface area (Å²) in [7, 11) is 0. The average molecular weight is 348 g/mol. The van der Waals surface area contributed by atoms with Crippen LogP contribution in [0.5, 0.6) is 5.75 Å². The van der Waals surface area contributed by atoms with Crippen LogP contribution >= 0.6 is 11.6 Å². The summed E-state index contributed by atoms with van der Waals surface area (Å²) in [5, 5.41) is 5.52. The summed E-state index contributed by atoms with van der Waals surface area (Å²) in [6.07, 6.45) is 1.88. The zero-order chi connectivity index (χ0) is 17.0. The molecule has 122 valence electrons. The Kier molecular flexibility index (Phi) is 3.09. The van der Waals surface area contributed by atoms with Gasteiger partial charge in [0.1, 0.15) is 12.4 Å². The van der Waals surface area contributed by atoms with Gasteiger partial charge in [0, 0.05) is 34.0 Å². The highest BCUT2D eigenvalue weighted by Crippen LogP contribution is 2.38. The molecule has 0 bridgehead atoms. The molecule has 0 saturated heterocycles. The van der Waals surface area contributed by atoms with Gasteiger partial charge < -0.3 is 4.74 Å². The van der Waals surface area contributed by atoms with Crippen molar-refractivity contribution in [2.75, 3.05) is 0 Å². The van der Waals surface area contributed by atoms with Crippen LogP contribution in [0.15, 0.2) is 54.7 Å². The van der Waals surface area contributed by atoms with Crippen molar-refractivity contribution in [1.82, 2.24) is 14.6 Å². The van der Waals surface area contributed by atoms with Crippen molar-refractivity contribution >= 4 is 17.2 Å². The molecule has 0 radical (unpaired) electrons. The molecular weight excluding hydrogens is 334 g/mol. The van der Waals surface area contributed by atoms with E-state index >= 15 is 0 Å². The highest BCUT2D eigenvalue weighted by Gasteiger charge is 2.22. The minimum absolute atomic E-state index is 0.504. The van der Waals surface area contributed by atoms with E-state index in [1.807, 2.05) is 47.1 Å². The van der Waals surface area contributed by atoms with E-state index in [-0.39, 0.29) is 0 Å². The molecule has 25 heavy (non-hydrogen) atoms. The van der Waals surface area contributed by atoms with Gasteiger partial charge >= 0.3 is 0 Å². The van der Waals surface area contributed by atoms with E-state index in [1.54, 1.807) is 0 Å². The van der Waals surface area contributed by atoms with Gasteiger partial charge in [-0.3, -0.25) is 0 Å². The molecule has 0 unspecified atom stereocenters. The fourth-order valence-corrected chi connectivity index (χ4v) is 3.36. The smallest absolute Gasteiger partial charge is 0.156 e. The van der Waals surface area contributed by atoms with Crippen LogP contribution in [0.3, 0.4) is 0 Å². The predicted molar refractivity (Wildman–Crippen MR) is 97.9 cm³/mol. The quantitative estimate of drug-likeness (QED) is 0.490. The summed E-state index contributed by atoms with van der Waals surface area (Å²) in [4.78, 5) is 4.55. The van der Waals surface area contributed by atoms with Crippen LogP contribution in [-0.2, 0) is 6.61 Å². The van der Waals surface area contributed by atoms with Crippen molar-refractivity contribution in [2.24, 2.45) is 0 Å². The number of hydrogen-bond donors (Lipinski definition) is 0. The summed E-state index contributed by atoms with van der Waals surface area (Å²) < 4.78 is 7.78. The standard InChI is InChI=1S/C20H14ClN3O/c1-12-2-7-18-16(8-12)20-14(11-25-18)10-22-19-9-17(23-24(19)20)13-3-5-15(21)6-4-13/h2-10H,11H2,1H3. The fourth-order valence-electron chi connectivity index (χ4n) is 3.23. The molecule has 2 aromatic heterocycles. The van der Waals surface area contributed by atoms with Gasteiger partial charge in [-0.25, -0.2) is 9.50 Å². The Morgan fingerprint density at radius 2 is 1.92 bits per heavy atom. The summed E-state index contributed by atoms with van der Waals surface area (Å²) >= 11 is 5.99. The van der Waals surface area contributed by atoms with E-state index < -0.39 is 0 Å². The molecule has 0 fully saturated rings. The second kappa shape index (κ2) is 5.33. The summed E-state index contributed by atoms with van der Waals surface area (Å²) in [5.74, 6) is 0.883. The first kappa shape index (κ1) is 14.5. The lowest BCUT2D eigenvalue weighted by Gasteiger charge is -2.21. The number of benzene rings is 2. The Balaban J connectivity index is 1.76. The molecule has 3 heterocycles. The average Bonchev–Trinajstić information content (AvgIpc) is 3.06. The first-order valence-corrected chi connectivity index (χ1v) is 8.44. The SMILES string of the molecule is Cc1ccc2c(c1)-c1c(cnc3cc(-c4ccc(Cl)cc4)nn13)CO2. The van der Waals surface area contributed by atoms with E-state index in [0.717, 1.165) is 39.5 Å². The van der Waals surface area contributed by atoms with Gasteiger partial charge in [0.25, 0.3) is 0 Å². The fraction of sp³-hybridized carbons (Fsp3) is 0.100. The monoisotopic (exact) mass is 347 g/mol. The molecule has 1 aliphatic heterocycles. The topological polar surface area (TPSA) is 39.4 Å². The number of ether oxygens (including phenoxy) is 1. The van der Waals surface area contributed by atoms with Crippen LogP contribution in [0.2, 0.25) is 5.02 Å². The lowest BCUT2D eigenvalue weighted by molar-refractivity contribution is 0.300. The van der Waals surface area contributed by atoms with Crippen molar-refractivity contribution in [3.63, 3.8) is 0 Å². The molecule has 5 rings (SSSR count). The zero-order valence-corrected chi connectivity index (χ0v) is 14.3. The van der Waals surface area contributed by atoms with E-state index in [9.17, 15) is 0 Å². The second-order valence-electron chi connectivity index (χ2n) is 6.23. The van der Waals surface area contributed by atoms with Crippen LogP contribution in [0.1, 0.15) is 11.1 Å². The van der Waals surface area contributed by atoms with Gasteiger partial charge in [-0.1, -0.05) is 35.4 Å². The van der Waals surface area contributed by atoms with Crippen LogP contribution in [0.25, 0.3) is 28.2 Å². The third-order valence-corrected chi connectivity index (χ3v) is 4.72. The van der Waals surface area contributed by atoms with Crippen molar-refractivity contribution in [2.45, 2.75) is 13.5 Å². The number of nitrogens with zero attached hydrogens (tertiary/aromatic N) is 3. The lowest BCUT2D eigenvalue weighted by atomic mass is 10.0. The molecule has 0 N–H and O–H groups in total. The zero-order valence-electron chi connectivity index (χ0n) is 13.5. The van der Waals surface area contributed by atoms with Gasteiger partial charge in [0.15, 0.2) is 5.65 Å². The number of aryl methyl sites for hydroxylation is 1. The third-order valence-electron chi connectivity index (χ3n) is 4.47. The molecular formula is C20H14ClN3O. The highest BCUT2D eigenvalue weighted by molar-refractivity contribution is 6.30. The maximum absolute atomic E-state index is 5.99. The number of hydrogen-bond acceptors (Lipinski definition) is 3. The third kappa shape index (κ3) is 2.29. The largest absolute Gasteiger partial charge is 0.488 e. The minimum atomic E-state index is 0.504. The summed E-state index contributed by atoms with van der Waals surface area (Å²) in [6.45, 7) is 2.58. The van der Waals surface area contributed by atoms with E-state index in [4.69, 9.17) is 21.4 Å².